The molecule has 2 amide bonds. The minimum Gasteiger partial charge on any atom is -0.361 e. The second-order valence-corrected chi connectivity index (χ2v) is 10.3. The van der Waals surface area contributed by atoms with Crippen LogP contribution >= 0.6 is 22.6 Å². The van der Waals surface area contributed by atoms with Crippen LogP contribution in [-0.2, 0) is 4.79 Å². The molecule has 0 bridgehead atoms. The third kappa shape index (κ3) is 6.02. The van der Waals surface area contributed by atoms with E-state index >= 15 is 0 Å². The van der Waals surface area contributed by atoms with E-state index in [0.29, 0.717) is 22.6 Å². The number of hydrogen-bond donors (Lipinski definition) is 2. The summed E-state index contributed by atoms with van der Waals surface area (Å²) in [7, 11) is 4.26. The monoisotopic (exact) mass is 558 g/mol. The number of anilines is 1. The van der Waals surface area contributed by atoms with Crippen molar-refractivity contribution >= 4 is 45.7 Å². The number of carbonyl (C=O) groups is 2. The Balaban J connectivity index is 1.37. The Morgan fingerprint density at radius 2 is 1.79 bits per heavy atom. The van der Waals surface area contributed by atoms with Gasteiger partial charge in [-0.3, -0.25) is 14.9 Å². The minimum atomic E-state index is -0.379. The van der Waals surface area contributed by atoms with Crippen LogP contribution < -0.4 is 10.6 Å². The summed E-state index contributed by atoms with van der Waals surface area (Å²) < 4.78 is 0.979. The van der Waals surface area contributed by atoms with Crippen LogP contribution in [-0.4, -0.2) is 61.9 Å². The highest BCUT2D eigenvalue weighted by atomic mass is 127. The molecule has 0 aromatic heterocycles. The van der Waals surface area contributed by atoms with E-state index in [1.54, 1.807) is 12.3 Å². The molecule has 6 nitrogen and oxygen atoms in total. The van der Waals surface area contributed by atoms with E-state index in [9.17, 15) is 9.59 Å². The zero-order valence-corrected chi connectivity index (χ0v) is 21.4. The molecule has 33 heavy (non-hydrogen) atoms. The number of rotatable bonds is 7. The van der Waals surface area contributed by atoms with Crippen LogP contribution in [0.2, 0.25) is 0 Å². The van der Waals surface area contributed by atoms with Gasteiger partial charge in [-0.15, -0.1) is 0 Å². The van der Waals surface area contributed by atoms with E-state index in [1.165, 1.54) is 31.4 Å². The van der Waals surface area contributed by atoms with Gasteiger partial charge in [-0.1, -0.05) is 12.1 Å². The summed E-state index contributed by atoms with van der Waals surface area (Å²) in [6.07, 6.45) is 5.31. The third-order valence-electron chi connectivity index (χ3n) is 6.42. The highest BCUT2D eigenvalue weighted by molar-refractivity contribution is 14.1. The van der Waals surface area contributed by atoms with Crippen molar-refractivity contribution in [2.45, 2.75) is 25.2 Å². The number of imide groups is 1. The Hall–Kier alpha value is -2.23. The maximum atomic E-state index is 12.4. The van der Waals surface area contributed by atoms with Crippen LogP contribution in [0, 0.1) is 3.57 Å². The summed E-state index contributed by atoms with van der Waals surface area (Å²) >= 11 is 2.19. The highest BCUT2D eigenvalue weighted by Gasteiger charge is 2.27. The summed E-state index contributed by atoms with van der Waals surface area (Å²) in [6.45, 7) is 4.66. The van der Waals surface area contributed by atoms with Gasteiger partial charge in [0.15, 0.2) is 0 Å². The first-order chi connectivity index (χ1) is 15.9. The molecule has 2 N–H and O–H groups in total. The van der Waals surface area contributed by atoms with Crippen LogP contribution in [0.1, 0.15) is 46.7 Å². The van der Waals surface area contributed by atoms with Gasteiger partial charge in [0.05, 0.1) is 5.57 Å². The summed E-state index contributed by atoms with van der Waals surface area (Å²) in [5, 5.41) is 5.66. The van der Waals surface area contributed by atoms with Crippen molar-refractivity contribution < 1.29 is 9.59 Å². The topological polar surface area (TPSA) is 64.7 Å². The molecule has 2 aliphatic rings. The van der Waals surface area contributed by atoms with Gasteiger partial charge in [-0.2, -0.15) is 0 Å². The molecule has 1 fully saturated rings. The van der Waals surface area contributed by atoms with Crippen molar-refractivity contribution in [2.24, 2.45) is 0 Å². The second-order valence-electron chi connectivity index (χ2n) is 9.07. The summed E-state index contributed by atoms with van der Waals surface area (Å²) in [5.41, 5.74) is 3.95. The lowest BCUT2D eigenvalue weighted by atomic mass is 9.89. The lowest BCUT2D eigenvalue weighted by Gasteiger charge is -2.32. The Morgan fingerprint density at radius 1 is 1.06 bits per heavy atom. The van der Waals surface area contributed by atoms with Gasteiger partial charge >= 0.3 is 0 Å². The van der Waals surface area contributed by atoms with Gasteiger partial charge in [0.1, 0.15) is 0 Å². The molecule has 1 saturated heterocycles. The summed E-state index contributed by atoms with van der Waals surface area (Å²) in [6, 6.07) is 14.0. The molecule has 174 valence electrons. The maximum absolute atomic E-state index is 12.4. The van der Waals surface area contributed by atoms with Gasteiger partial charge in [0.25, 0.3) is 11.8 Å². The fraction of sp³-hybridized carbons (Fsp3) is 0.385. The van der Waals surface area contributed by atoms with Gasteiger partial charge in [0.2, 0.25) is 0 Å². The number of piperidine rings is 1. The Bertz CT molecular complexity index is 1040. The molecule has 0 aliphatic carbocycles. The van der Waals surface area contributed by atoms with E-state index in [0.717, 1.165) is 28.9 Å². The number of fused-ring (bicyclic) bond motifs is 1. The molecule has 2 aliphatic heterocycles. The van der Waals surface area contributed by atoms with E-state index in [-0.39, 0.29) is 11.8 Å². The Morgan fingerprint density at radius 3 is 2.48 bits per heavy atom. The minimum absolute atomic E-state index is 0.350. The van der Waals surface area contributed by atoms with Crippen LogP contribution in [0.3, 0.4) is 0 Å². The fourth-order valence-corrected chi connectivity index (χ4v) is 5.04. The van der Waals surface area contributed by atoms with Crippen molar-refractivity contribution in [2.75, 3.05) is 45.6 Å². The molecule has 0 saturated carbocycles. The summed E-state index contributed by atoms with van der Waals surface area (Å²) in [5.74, 6) is -0.126. The molecule has 2 aromatic carbocycles. The zero-order chi connectivity index (χ0) is 23.4. The van der Waals surface area contributed by atoms with Crippen molar-refractivity contribution in [3.8, 4) is 0 Å². The van der Waals surface area contributed by atoms with Crippen LogP contribution in [0.25, 0.3) is 5.57 Å². The number of nitrogens with one attached hydrogen (secondary N) is 2. The molecular formula is C26H31IN4O2. The predicted molar refractivity (Wildman–Crippen MR) is 141 cm³/mol. The SMILES string of the molecule is CN(C)CCCN1CCC(c2ccc(NC=C3C(=O)NC(=O)c4ccc(I)cc43)cc2)CC1. The first-order valence-electron chi connectivity index (χ1n) is 11.5. The van der Waals surface area contributed by atoms with Crippen LogP contribution in [0.15, 0.2) is 48.7 Å². The standard InChI is InChI=1S/C26H31IN4O2/c1-30(2)12-3-13-31-14-10-19(11-15-31)18-4-7-21(8-5-18)28-17-24-23-16-20(27)6-9-22(23)25(32)29-26(24)33/h4-9,16-17,19,28H,3,10-15H2,1-2H3,(H,29,32,33). The Kier molecular flexibility index (Phi) is 7.82. The smallest absolute Gasteiger partial charge is 0.260 e. The average molecular weight is 558 g/mol. The molecule has 4 rings (SSSR count). The number of halogens is 1. The van der Waals surface area contributed by atoms with Crippen LogP contribution in [0.4, 0.5) is 5.69 Å². The number of likely N-dealkylation sites (tertiary alicyclic amines) is 1. The molecule has 0 unspecified atom stereocenters. The number of nitrogens with zero attached hydrogens (tertiary/aromatic N) is 2. The zero-order valence-electron chi connectivity index (χ0n) is 19.2. The molecule has 0 atom stereocenters. The average Bonchev–Trinajstić information content (AvgIpc) is 2.79. The van der Waals surface area contributed by atoms with E-state index < -0.39 is 0 Å². The lowest BCUT2D eigenvalue weighted by Crippen LogP contribution is -2.36. The second kappa shape index (κ2) is 10.8. The van der Waals surface area contributed by atoms with Crippen molar-refractivity contribution in [3.63, 3.8) is 0 Å². The van der Waals surface area contributed by atoms with E-state index in [4.69, 9.17) is 0 Å². The van der Waals surface area contributed by atoms with E-state index in [1.807, 2.05) is 12.1 Å². The van der Waals surface area contributed by atoms with Gasteiger partial charge in [-0.05, 0) is 124 Å². The molecular weight excluding hydrogens is 527 g/mol. The molecule has 2 aromatic rings. The van der Waals surface area contributed by atoms with Crippen LogP contribution in [0.5, 0.6) is 0 Å². The number of amides is 2. The largest absolute Gasteiger partial charge is 0.361 e. The Labute approximate surface area is 209 Å². The van der Waals surface area contributed by atoms with Gasteiger partial charge in [-0.25, -0.2) is 0 Å². The van der Waals surface area contributed by atoms with Crippen molar-refractivity contribution in [3.05, 3.63) is 68.9 Å². The first-order valence-corrected chi connectivity index (χ1v) is 12.6. The molecule has 2 heterocycles. The number of carbonyl (C=O) groups excluding carboxylic acids is 2. The third-order valence-corrected chi connectivity index (χ3v) is 7.09. The highest BCUT2D eigenvalue weighted by Crippen LogP contribution is 2.30. The first kappa shape index (κ1) is 23.9. The van der Waals surface area contributed by atoms with Gasteiger partial charge in [0, 0.05) is 26.6 Å². The molecule has 0 spiro atoms. The summed E-state index contributed by atoms with van der Waals surface area (Å²) in [4.78, 5) is 29.4. The fourth-order valence-electron chi connectivity index (χ4n) is 4.55. The number of benzene rings is 2. The quantitative estimate of drug-likeness (QED) is 0.304. The predicted octanol–water partition coefficient (Wildman–Crippen LogP) is 4.15. The van der Waals surface area contributed by atoms with Gasteiger partial charge < -0.3 is 15.1 Å². The normalized spacial score (nSPS) is 18.5. The maximum Gasteiger partial charge on any atom is 0.260 e. The number of hydrogen-bond acceptors (Lipinski definition) is 5. The molecule has 7 heteroatoms. The van der Waals surface area contributed by atoms with E-state index in [2.05, 4.69) is 81.4 Å². The lowest BCUT2D eigenvalue weighted by molar-refractivity contribution is -0.114. The van der Waals surface area contributed by atoms with Crippen molar-refractivity contribution in [1.82, 2.24) is 15.1 Å². The molecule has 0 radical (unpaired) electrons. The van der Waals surface area contributed by atoms with Crippen molar-refractivity contribution in [1.29, 1.82) is 0 Å².